The Kier molecular flexibility index (Phi) is 8.93. The van der Waals surface area contributed by atoms with Crippen LogP contribution in [0.3, 0.4) is 0 Å². The van der Waals surface area contributed by atoms with Crippen molar-refractivity contribution >= 4 is 0 Å². The molecule has 0 saturated heterocycles. The lowest BCUT2D eigenvalue weighted by molar-refractivity contribution is -0.190. The molecule has 0 radical (unpaired) electrons. The highest BCUT2D eigenvalue weighted by Gasteiger charge is 2.41. The van der Waals surface area contributed by atoms with Crippen LogP contribution >= 0.6 is 0 Å². The summed E-state index contributed by atoms with van der Waals surface area (Å²) in [6.45, 7) is 3.94. The maximum absolute atomic E-state index is 14.6. The van der Waals surface area contributed by atoms with Crippen LogP contribution in [0, 0.1) is 11.6 Å². The summed E-state index contributed by atoms with van der Waals surface area (Å²) in [6, 6.07) is 11.4. The maximum atomic E-state index is 14.6. The summed E-state index contributed by atoms with van der Waals surface area (Å²) in [5.74, 6) is -3.49. The van der Waals surface area contributed by atoms with Crippen molar-refractivity contribution in [2.75, 3.05) is 0 Å². The molecule has 194 valence electrons. The van der Waals surface area contributed by atoms with Gasteiger partial charge in [-0.05, 0) is 85.3 Å². The smallest absolute Gasteiger partial charge is 0.429 e. The summed E-state index contributed by atoms with van der Waals surface area (Å²) in [5, 5.41) is 0. The number of unbranched alkanes of at least 4 members (excludes halogenated alkanes) is 2. The minimum Gasteiger partial charge on any atom is -0.429 e. The second-order valence-corrected chi connectivity index (χ2v) is 8.55. The summed E-state index contributed by atoms with van der Waals surface area (Å²) in [6.07, 6.45) is -3.53. The van der Waals surface area contributed by atoms with Crippen LogP contribution in [0.15, 0.2) is 60.7 Å². The summed E-state index contributed by atoms with van der Waals surface area (Å²) in [4.78, 5) is 0. The molecule has 0 aromatic heterocycles. The molecule has 3 aromatic rings. The monoisotopic (exact) mass is 510 g/mol. The summed E-state index contributed by atoms with van der Waals surface area (Å²) in [7, 11) is 0. The number of halogens is 6. The zero-order valence-corrected chi connectivity index (χ0v) is 20.1. The standard InChI is InChI=1S/C28H28F6O2/c1-3-5-7-19-9-13-22(14-10-19)35-27(31,32)21-11-15-23(16-12-21)36-28(33,34)26-24(29)17-20(8-6-4-2)18-25(26)30/h9-18H,3-8H2,1-2H3. The van der Waals surface area contributed by atoms with Crippen LogP contribution in [0.5, 0.6) is 11.5 Å². The van der Waals surface area contributed by atoms with E-state index >= 15 is 0 Å². The van der Waals surface area contributed by atoms with E-state index in [2.05, 4.69) is 11.7 Å². The number of hydrogen-bond donors (Lipinski definition) is 0. The molecular weight excluding hydrogens is 482 g/mol. The van der Waals surface area contributed by atoms with E-state index in [1.165, 1.54) is 12.1 Å². The molecule has 0 heterocycles. The van der Waals surface area contributed by atoms with Crippen molar-refractivity contribution in [3.8, 4) is 11.5 Å². The molecule has 8 heteroatoms. The topological polar surface area (TPSA) is 18.5 Å². The van der Waals surface area contributed by atoms with E-state index in [1.54, 1.807) is 12.1 Å². The zero-order chi connectivity index (χ0) is 26.3. The van der Waals surface area contributed by atoms with Gasteiger partial charge < -0.3 is 9.47 Å². The Morgan fingerprint density at radius 2 is 1.06 bits per heavy atom. The highest BCUT2D eigenvalue weighted by molar-refractivity contribution is 5.34. The van der Waals surface area contributed by atoms with E-state index in [-0.39, 0.29) is 11.3 Å². The van der Waals surface area contributed by atoms with Gasteiger partial charge in [0, 0.05) is 0 Å². The molecule has 0 amide bonds. The Balaban J connectivity index is 1.71. The lowest BCUT2D eigenvalue weighted by Gasteiger charge is -2.21. The lowest BCUT2D eigenvalue weighted by Crippen LogP contribution is -2.25. The molecule has 0 atom stereocenters. The maximum Gasteiger partial charge on any atom is 0.432 e. The molecule has 36 heavy (non-hydrogen) atoms. The SMILES string of the molecule is CCCCc1ccc(OC(F)(F)c2ccc(OC(F)(F)c3c(F)cc(CCCC)cc3F)cc2)cc1. The van der Waals surface area contributed by atoms with E-state index in [4.69, 9.17) is 4.74 Å². The van der Waals surface area contributed by atoms with Gasteiger partial charge in [-0.3, -0.25) is 0 Å². The van der Waals surface area contributed by atoms with Crippen LogP contribution in [0.25, 0.3) is 0 Å². The first-order chi connectivity index (χ1) is 17.1. The number of alkyl halides is 4. The third kappa shape index (κ3) is 6.95. The van der Waals surface area contributed by atoms with Gasteiger partial charge in [-0.25, -0.2) is 8.78 Å². The highest BCUT2D eigenvalue weighted by Crippen LogP contribution is 2.37. The van der Waals surface area contributed by atoms with Gasteiger partial charge in [-0.15, -0.1) is 0 Å². The number of hydrogen-bond acceptors (Lipinski definition) is 2. The molecule has 3 rings (SSSR count). The summed E-state index contributed by atoms with van der Waals surface area (Å²) < 4.78 is 96.4. The van der Waals surface area contributed by atoms with Gasteiger partial charge in [0.15, 0.2) is 0 Å². The summed E-state index contributed by atoms with van der Waals surface area (Å²) >= 11 is 0. The molecule has 2 nitrogen and oxygen atoms in total. The van der Waals surface area contributed by atoms with Crippen molar-refractivity contribution < 1.29 is 35.8 Å². The molecule has 0 aliphatic rings. The molecule has 0 saturated carbocycles. The first-order valence-electron chi connectivity index (χ1n) is 11.9. The molecule has 0 aliphatic heterocycles. The molecular formula is C28H28F6O2. The van der Waals surface area contributed by atoms with Crippen LogP contribution in [0.4, 0.5) is 26.3 Å². The Morgan fingerprint density at radius 3 is 1.56 bits per heavy atom. The van der Waals surface area contributed by atoms with E-state index in [0.29, 0.717) is 12.8 Å². The number of aryl methyl sites for hydroxylation is 2. The molecule has 0 spiro atoms. The van der Waals surface area contributed by atoms with E-state index < -0.39 is 40.7 Å². The molecule has 3 aromatic carbocycles. The second kappa shape index (κ2) is 11.7. The Labute approximate surface area is 206 Å². The minimum atomic E-state index is -4.36. The Bertz CT molecular complexity index is 1100. The van der Waals surface area contributed by atoms with Crippen molar-refractivity contribution in [3.63, 3.8) is 0 Å². The second-order valence-electron chi connectivity index (χ2n) is 8.55. The Morgan fingerprint density at radius 1 is 0.611 bits per heavy atom. The highest BCUT2D eigenvalue weighted by atomic mass is 19.3. The number of rotatable bonds is 12. The van der Waals surface area contributed by atoms with Gasteiger partial charge in [0.05, 0.1) is 5.56 Å². The predicted octanol–water partition coefficient (Wildman–Crippen LogP) is 8.91. The molecule has 0 fully saturated rings. The number of ether oxygens (including phenoxy) is 2. The minimum absolute atomic E-state index is 0.0551. The molecule has 0 N–H and O–H groups in total. The Hall–Kier alpha value is -3.16. The van der Waals surface area contributed by atoms with Gasteiger partial charge >= 0.3 is 12.2 Å². The van der Waals surface area contributed by atoms with Gasteiger partial charge in [0.25, 0.3) is 0 Å². The predicted molar refractivity (Wildman–Crippen MR) is 126 cm³/mol. The first kappa shape index (κ1) is 27.4. The van der Waals surface area contributed by atoms with Crippen LogP contribution in [0.1, 0.15) is 61.8 Å². The third-order valence-electron chi connectivity index (χ3n) is 5.64. The van der Waals surface area contributed by atoms with Crippen molar-refractivity contribution in [1.29, 1.82) is 0 Å². The van der Waals surface area contributed by atoms with E-state index in [9.17, 15) is 26.3 Å². The average molecular weight is 511 g/mol. The van der Waals surface area contributed by atoms with Crippen LogP contribution in [-0.2, 0) is 25.1 Å². The van der Waals surface area contributed by atoms with Gasteiger partial charge in [0.1, 0.15) is 28.7 Å². The normalized spacial score (nSPS) is 12.0. The van der Waals surface area contributed by atoms with Crippen LogP contribution < -0.4 is 9.47 Å². The first-order valence-corrected chi connectivity index (χ1v) is 11.9. The quantitative estimate of drug-likeness (QED) is 0.227. The summed E-state index contributed by atoms with van der Waals surface area (Å²) in [5.41, 5.74) is -0.888. The molecule has 0 bridgehead atoms. The van der Waals surface area contributed by atoms with Crippen LogP contribution in [-0.4, -0.2) is 0 Å². The lowest BCUT2D eigenvalue weighted by atomic mass is 10.0. The fourth-order valence-electron chi connectivity index (χ4n) is 3.66. The van der Waals surface area contributed by atoms with Crippen molar-refractivity contribution in [1.82, 2.24) is 0 Å². The molecule has 0 aliphatic carbocycles. The zero-order valence-electron chi connectivity index (χ0n) is 20.1. The van der Waals surface area contributed by atoms with Crippen molar-refractivity contribution in [3.05, 3.63) is 94.6 Å². The third-order valence-corrected chi connectivity index (χ3v) is 5.64. The van der Waals surface area contributed by atoms with Gasteiger partial charge in [-0.2, -0.15) is 17.6 Å². The molecule has 0 unspecified atom stereocenters. The van der Waals surface area contributed by atoms with E-state index in [1.807, 2.05) is 6.92 Å². The van der Waals surface area contributed by atoms with Crippen molar-refractivity contribution in [2.45, 2.75) is 64.6 Å². The van der Waals surface area contributed by atoms with Crippen molar-refractivity contribution in [2.24, 2.45) is 0 Å². The van der Waals surface area contributed by atoms with Gasteiger partial charge in [-0.1, -0.05) is 38.8 Å². The van der Waals surface area contributed by atoms with Crippen LogP contribution in [0.2, 0.25) is 0 Å². The van der Waals surface area contributed by atoms with Gasteiger partial charge in [0.2, 0.25) is 0 Å². The van der Waals surface area contributed by atoms with E-state index in [0.717, 1.165) is 67.6 Å². The fraction of sp³-hybridized carbons (Fsp3) is 0.357. The number of benzene rings is 3. The average Bonchev–Trinajstić information content (AvgIpc) is 2.81. The fourth-order valence-corrected chi connectivity index (χ4v) is 3.66. The largest absolute Gasteiger partial charge is 0.432 e.